The zero-order valence-corrected chi connectivity index (χ0v) is 6.76. The van der Waals surface area contributed by atoms with E-state index in [4.69, 9.17) is 8.22 Å². The summed E-state index contributed by atoms with van der Waals surface area (Å²) < 4.78 is 42.4. The number of hydrogen-bond donors (Lipinski definition) is 0. The lowest BCUT2D eigenvalue weighted by Crippen LogP contribution is -1.69. The van der Waals surface area contributed by atoms with Gasteiger partial charge in [0.2, 0.25) is 0 Å². The van der Waals surface area contributed by atoms with Crippen molar-refractivity contribution in [3.05, 3.63) is 24.3 Å². The summed E-state index contributed by atoms with van der Waals surface area (Å²) >= 11 is 1.56. The van der Waals surface area contributed by atoms with Gasteiger partial charge in [0.15, 0.2) is 0 Å². The molecule has 0 unspecified atom stereocenters. The molecular weight excluding hydrogens is 160 g/mol. The Bertz CT molecular complexity index is 304. The van der Waals surface area contributed by atoms with E-state index in [2.05, 4.69) is 0 Å². The van der Waals surface area contributed by atoms with Gasteiger partial charge in [-0.25, -0.2) is 0 Å². The molecular formula is C8H10S2. The molecule has 1 aromatic carbocycles. The molecule has 2 heteroatoms. The van der Waals surface area contributed by atoms with Crippen molar-refractivity contribution in [3.63, 3.8) is 0 Å². The van der Waals surface area contributed by atoms with Gasteiger partial charge in [-0.15, -0.1) is 23.5 Å². The van der Waals surface area contributed by atoms with Crippen molar-refractivity contribution in [1.82, 2.24) is 0 Å². The van der Waals surface area contributed by atoms with Crippen LogP contribution in [0.15, 0.2) is 34.1 Å². The average molecular weight is 176 g/mol. The fourth-order valence-corrected chi connectivity index (χ4v) is 1.12. The van der Waals surface area contributed by atoms with Crippen molar-refractivity contribution in [2.24, 2.45) is 0 Å². The lowest BCUT2D eigenvalue weighted by atomic mass is 10.4. The van der Waals surface area contributed by atoms with Gasteiger partial charge in [0.05, 0.1) is 0 Å². The molecule has 0 heterocycles. The van der Waals surface area contributed by atoms with E-state index < -0.39 is 12.4 Å². The Morgan fingerprint density at radius 3 is 1.70 bits per heavy atom. The molecule has 0 saturated heterocycles. The van der Waals surface area contributed by atoms with E-state index in [1.165, 1.54) is 0 Å². The highest BCUT2D eigenvalue weighted by molar-refractivity contribution is 7.99. The Morgan fingerprint density at radius 1 is 1.00 bits per heavy atom. The zero-order chi connectivity index (χ0) is 12.4. The summed E-state index contributed by atoms with van der Waals surface area (Å²) in [6, 6.07) is 6.46. The average Bonchev–Trinajstić information content (AvgIpc) is 2.03. The van der Waals surface area contributed by atoms with Crippen molar-refractivity contribution in [2.45, 2.75) is 9.79 Å². The van der Waals surface area contributed by atoms with E-state index in [0.29, 0.717) is 9.79 Å². The first kappa shape index (κ1) is 3.11. The molecule has 0 N–H and O–H groups in total. The van der Waals surface area contributed by atoms with Gasteiger partial charge in [0, 0.05) is 18.0 Å². The van der Waals surface area contributed by atoms with E-state index in [1.807, 2.05) is 0 Å². The molecule has 0 nitrogen and oxygen atoms in total. The molecule has 0 aliphatic heterocycles. The van der Waals surface area contributed by atoms with Crippen LogP contribution in [0.1, 0.15) is 8.22 Å². The first-order chi connectivity index (χ1) is 7.16. The number of benzene rings is 1. The monoisotopic (exact) mass is 176 g/mol. The SMILES string of the molecule is [2H]C([2H])([2H])Sc1ccc(SC([2H])([2H])[2H])cc1. The summed E-state index contributed by atoms with van der Waals surface area (Å²) in [5.74, 6) is 0. The Balaban J connectivity index is 2.69. The second-order valence-electron chi connectivity index (χ2n) is 1.68. The molecule has 0 aliphatic rings. The van der Waals surface area contributed by atoms with Crippen LogP contribution in [0.5, 0.6) is 0 Å². The standard InChI is InChI=1S/C8H10S2/c1-9-7-3-5-8(10-2)6-4-7/h3-6H,1-2H3/i1D3,2D3. The molecule has 0 atom stereocenters. The number of thioether (sulfide) groups is 2. The van der Waals surface area contributed by atoms with Gasteiger partial charge in [-0.05, 0) is 36.6 Å². The molecule has 0 aliphatic carbocycles. The third kappa shape index (κ3) is 1.96. The smallest absolute Gasteiger partial charge is 0.0348 e. The maximum Gasteiger partial charge on any atom is 0.0348 e. The quantitative estimate of drug-likeness (QED) is 0.635. The van der Waals surface area contributed by atoms with Crippen LogP contribution in [-0.2, 0) is 0 Å². The molecule has 0 spiro atoms. The van der Waals surface area contributed by atoms with Gasteiger partial charge in [0.25, 0.3) is 0 Å². The summed E-state index contributed by atoms with van der Waals surface area (Å²) in [5, 5.41) is 0. The van der Waals surface area contributed by atoms with Crippen LogP contribution >= 0.6 is 23.5 Å². The fourth-order valence-electron chi connectivity index (χ4n) is 0.576. The van der Waals surface area contributed by atoms with E-state index in [0.717, 1.165) is 23.5 Å². The van der Waals surface area contributed by atoms with Crippen LogP contribution in [0, 0.1) is 0 Å². The predicted octanol–water partition coefficient (Wildman–Crippen LogP) is 3.13. The summed E-state index contributed by atoms with van der Waals surface area (Å²) in [4.78, 5) is 1.21. The fraction of sp³-hybridized carbons (Fsp3) is 0.250. The van der Waals surface area contributed by atoms with Crippen molar-refractivity contribution in [3.8, 4) is 0 Å². The summed E-state index contributed by atoms with van der Waals surface area (Å²) in [7, 11) is 0. The molecule has 1 rings (SSSR count). The molecule has 1 aromatic rings. The Kier molecular flexibility index (Phi) is 1.23. The molecule has 0 saturated carbocycles. The largest absolute Gasteiger partial charge is 0.130 e. The predicted molar refractivity (Wildman–Crippen MR) is 50.0 cm³/mol. The van der Waals surface area contributed by atoms with Crippen molar-refractivity contribution < 1.29 is 8.22 Å². The summed E-state index contributed by atoms with van der Waals surface area (Å²) in [6.45, 7) is 0. The van der Waals surface area contributed by atoms with Crippen LogP contribution in [0.25, 0.3) is 0 Å². The number of hydrogen-bond acceptors (Lipinski definition) is 2. The maximum absolute atomic E-state index is 7.07. The van der Waals surface area contributed by atoms with Crippen LogP contribution in [0.4, 0.5) is 0 Å². The lowest BCUT2D eigenvalue weighted by Gasteiger charge is -1.96. The molecule has 10 heavy (non-hydrogen) atoms. The van der Waals surface area contributed by atoms with Gasteiger partial charge in [-0.3, -0.25) is 0 Å². The molecule has 0 fully saturated rings. The Hall–Kier alpha value is -0.0800. The van der Waals surface area contributed by atoms with Crippen LogP contribution in [0.2, 0.25) is 0 Å². The Morgan fingerprint density at radius 2 is 1.40 bits per heavy atom. The van der Waals surface area contributed by atoms with E-state index >= 15 is 0 Å². The second kappa shape index (κ2) is 3.94. The van der Waals surface area contributed by atoms with Gasteiger partial charge in [0.1, 0.15) is 0 Å². The minimum Gasteiger partial charge on any atom is -0.130 e. The van der Waals surface area contributed by atoms with Crippen LogP contribution in [-0.4, -0.2) is 12.4 Å². The summed E-state index contributed by atoms with van der Waals surface area (Å²) in [6.07, 6.45) is -4.14. The molecule has 0 bridgehead atoms. The van der Waals surface area contributed by atoms with Crippen LogP contribution in [0.3, 0.4) is 0 Å². The highest BCUT2D eigenvalue weighted by Gasteiger charge is 1.89. The van der Waals surface area contributed by atoms with E-state index in [-0.39, 0.29) is 0 Å². The zero-order valence-electron chi connectivity index (χ0n) is 11.1. The molecule has 0 radical (unpaired) electrons. The Labute approximate surface area is 78.8 Å². The van der Waals surface area contributed by atoms with Gasteiger partial charge in [-0.1, -0.05) is 0 Å². The van der Waals surface area contributed by atoms with Crippen molar-refractivity contribution in [1.29, 1.82) is 0 Å². The molecule has 0 aromatic heterocycles. The number of rotatable bonds is 2. The van der Waals surface area contributed by atoms with E-state index in [1.54, 1.807) is 24.3 Å². The minimum absolute atomic E-state index is 0.606. The molecule has 0 amide bonds. The first-order valence-corrected chi connectivity index (χ1v) is 4.27. The highest BCUT2D eigenvalue weighted by Crippen LogP contribution is 2.19. The molecule has 54 valence electrons. The van der Waals surface area contributed by atoms with E-state index in [9.17, 15) is 0 Å². The third-order valence-electron chi connectivity index (χ3n) is 1.06. The van der Waals surface area contributed by atoms with Gasteiger partial charge < -0.3 is 0 Å². The lowest BCUT2D eigenvalue weighted by molar-refractivity contribution is 1.36. The second-order valence-corrected chi connectivity index (χ2v) is 3.03. The summed E-state index contributed by atoms with van der Waals surface area (Å²) in [5.41, 5.74) is 0. The third-order valence-corrected chi connectivity index (χ3v) is 2.08. The topological polar surface area (TPSA) is 0 Å². The van der Waals surface area contributed by atoms with Gasteiger partial charge >= 0.3 is 0 Å². The van der Waals surface area contributed by atoms with Crippen molar-refractivity contribution in [2.75, 3.05) is 12.4 Å². The van der Waals surface area contributed by atoms with Gasteiger partial charge in [-0.2, -0.15) is 0 Å². The first-order valence-electron chi connectivity index (χ1n) is 5.64. The minimum atomic E-state index is -2.07. The highest BCUT2D eigenvalue weighted by atomic mass is 32.2. The maximum atomic E-state index is 7.07. The normalized spacial score (nSPS) is 21.2. The van der Waals surface area contributed by atoms with Crippen LogP contribution < -0.4 is 0 Å². The van der Waals surface area contributed by atoms with Crippen molar-refractivity contribution >= 4 is 23.5 Å².